The SMILES string of the molecule is CNC(c1cc(Br)ccc1F)c1coc2ccccc12. The first-order valence-corrected chi connectivity index (χ1v) is 7.08. The van der Waals surface area contributed by atoms with Gasteiger partial charge >= 0.3 is 0 Å². The Labute approximate surface area is 124 Å². The molecular formula is C16H13BrFNO. The molecule has 0 aliphatic rings. The summed E-state index contributed by atoms with van der Waals surface area (Å²) in [6, 6.07) is 12.5. The van der Waals surface area contributed by atoms with E-state index < -0.39 is 0 Å². The molecule has 2 aromatic carbocycles. The monoisotopic (exact) mass is 333 g/mol. The lowest BCUT2D eigenvalue weighted by atomic mass is 9.98. The Hall–Kier alpha value is -1.65. The Morgan fingerprint density at radius 1 is 1.15 bits per heavy atom. The normalized spacial score (nSPS) is 12.8. The van der Waals surface area contributed by atoms with Crippen LogP contribution < -0.4 is 5.32 Å². The molecule has 0 bridgehead atoms. The summed E-state index contributed by atoms with van der Waals surface area (Å²) in [6.07, 6.45) is 1.69. The molecule has 0 saturated carbocycles. The highest BCUT2D eigenvalue weighted by atomic mass is 79.9. The van der Waals surface area contributed by atoms with Gasteiger partial charge in [-0.25, -0.2) is 4.39 Å². The van der Waals surface area contributed by atoms with Crippen LogP contribution in [0.4, 0.5) is 4.39 Å². The first-order valence-electron chi connectivity index (χ1n) is 6.29. The van der Waals surface area contributed by atoms with Crippen molar-refractivity contribution in [1.82, 2.24) is 5.32 Å². The van der Waals surface area contributed by atoms with E-state index in [4.69, 9.17) is 4.42 Å². The minimum absolute atomic E-state index is 0.238. The van der Waals surface area contributed by atoms with E-state index in [0.29, 0.717) is 5.56 Å². The lowest BCUT2D eigenvalue weighted by Crippen LogP contribution is -2.18. The number of halogens is 2. The maximum absolute atomic E-state index is 14.1. The number of benzene rings is 2. The van der Waals surface area contributed by atoms with Gasteiger partial charge in [0.05, 0.1) is 12.3 Å². The molecule has 1 aromatic heterocycles. The number of rotatable bonds is 3. The van der Waals surface area contributed by atoms with Crippen LogP contribution in [-0.4, -0.2) is 7.05 Å². The molecule has 3 rings (SSSR count). The first kappa shape index (κ1) is 13.3. The van der Waals surface area contributed by atoms with Crippen LogP contribution in [0.25, 0.3) is 11.0 Å². The molecule has 102 valence electrons. The van der Waals surface area contributed by atoms with Crippen molar-refractivity contribution < 1.29 is 8.81 Å². The zero-order valence-corrected chi connectivity index (χ0v) is 12.4. The van der Waals surface area contributed by atoms with Crippen LogP contribution in [0.15, 0.2) is 57.6 Å². The molecule has 0 fully saturated rings. The molecule has 1 unspecified atom stereocenters. The fourth-order valence-corrected chi connectivity index (χ4v) is 2.82. The summed E-state index contributed by atoms with van der Waals surface area (Å²) >= 11 is 3.39. The van der Waals surface area contributed by atoms with Crippen LogP contribution in [-0.2, 0) is 0 Å². The molecule has 0 aliphatic heterocycles. The average molecular weight is 334 g/mol. The molecule has 3 aromatic rings. The number of para-hydroxylation sites is 1. The van der Waals surface area contributed by atoms with Crippen molar-refractivity contribution in [2.75, 3.05) is 7.05 Å². The summed E-state index contributed by atoms with van der Waals surface area (Å²) in [7, 11) is 1.81. The molecule has 0 amide bonds. The molecule has 1 N–H and O–H groups in total. The molecule has 1 heterocycles. The summed E-state index contributed by atoms with van der Waals surface area (Å²) in [5, 5.41) is 4.15. The predicted octanol–water partition coefficient (Wildman–Crippen LogP) is 4.64. The Morgan fingerprint density at radius 3 is 2.75 bits per heavy atom. The van der Waals surface area contributed by atoms with E-state index >= 15 is 0 Å². The van der Waals surface area contributed by atoms with Gasteiger partial charge in [0.25, 0.3) is 0 Å². The number of hydrogen-bond acceptors (Lipinski definition) is 2. The van der Waals surface area contributed by atoms with Gasteiger partial charge in [0.1, 0.15) is 11.4 Å². The maximum atomic E-state index is 14.1. The van der Waals surface area contributed by atoms with Crippen LogP contribution in [0, 0.1) is 5.82 Å². The van der Waals surface area contributed by atoms with Crippen LogP contribution >= 0.6 is 15.9 Å². The van der Waals surface area contributed by atoms with Crippen LogP contribution in [0.2, 0.25) is 0 Å². The summed E-state index contributed by atoms with van der Waals surface area (Å²) in [4.78, 5) is 0. The van der Waals surface area contributed by atoms with E-state index in [1.54, 1.807) is 18.4 Å². The number of nitrogens with one attached hydrogen (secondary N) is 1. The van der Waals surface area contributed by atoms with Crippen molar-refractivity contribution in [3.63, 3.8) is 0 Å². The molecule has 4 heteroatoms. The lowest BCUT2D eigenvalue weighted by Gasteiger charge is -2.16. The second-order valence-corrected chi connectivity index (χ2v) is 5.49. The fraction of sp³-hybridized carbons (Fsp3) is 0.125. The summed E-state index contributed by atoms with van der Waals surface area (Å²) in [5.41, 5.74) is 2.33. The van der Waals surface area contributed by atoms with Crippen LogP contribution in [0.3, 0.4) is 0 Å². The molecule has 20 heavy (non-hydrogen) atoms. The second-order valence-electron chi connectivity index (χ2n) is 4.57. The summed E-state index contributed by atoms with van der Waals surface area (Å²) in [6.45, 7) is 0. The van der Waals surface area contributed by atoms with Gasteiger partial charge in [-0.3, -0.25) is 0 Å². The van der Waals surface area contributed by atoms with Crippen molar-refractivity contribution in [3.05, 3.63) is 70.1 Å². The van der Waals surface area contributed by atoms with E-state index in [1.807, 2.05) is 31.3 Å². The van der Waals surface area contributed by atoms with Gasteiger partial charge in [0.2, 0.25) is 0 Å². The summed E-state index contributed by atoms with van der Waals surface area (Å²) in [5.74, 6) is -0.238. The van der Waals surface area contributed by atoms with E-state index in [2.05, 4.69) is 21.2 Å². The van der Waals surface area contributed by atoms with Gasteiger partial charge in [0.15, 0.2) is 0 Å². The highest BCUT2D eigenvalue weighted by Gasteiger charge is 2.20. The van der Waals surface area contributed by atoms with E-state index in [9.17, 15) is 4.39 Å². The largest absolute Gasteiger partial charge is 0.464 e. The minimum atomic E-state index is -0.254. The Kier molecular flexibility index (Phi) is 3.59. The third kappa shape index (κ3) is 2.25. The van der Waals surface area contributed by atoms with Gasteiger partial charge in [-0.1, -0.05) is 34.1 Å². The maximum Gasteiger partial charge on any atom is 0.134 e. The number of furan rings is 1. The van der Waals surface area contributed by atoms with Gasteiger partial charge < -0.3 is 9.73 Å². The zero-order valence-electron chi connectivity index (χ0n) is 10.9. The van der Waals surface area contributed by atoms with Gasteiger partial charge in [-0.2, -0.15) is 0 Å². The minimum Gasteiger partial charge on any atom is -0.464 e. The van der Waals surface area contributed by atoms with Crippen molar-refractivity contribution in [2.45, 2.75) is 6.04 Å². The Bertz CT molecular complexity index is 753. The molecular weight excluding hydrogens is 321 g/mol. The fourth-order valence-electron chi connectivity index (χ4n) is 2.44. The van der Waals surface area contributed by atoms with E-state index in [-0.39, 0.29) is 11.9 Å². The van der Waals surface area contributed by atoms with E-state index in [0.717, 1.165) is 21.0 Å². The quantitative estimate of drug-likeness (QED) is 0.755. The van der Waals surface area contributed by atoms with Crippen molar-refractivity contribution >= 4 is 26.9 Å². The number of fused-ring (bicyclic) bond motifs is 1. The van der Waals surface area contributed by atoms with Crippen LogP contribution in [0.1, 0.15) is 17.2 Å². The smallest absolute Gasteiger partial charge is 0.134 e. The predicted molar refractivity (Wildman–Crippen MR) is 81.2 cm³/mol. The molecule has 0 saturated heterocycles. The molecule has 0 radical (unpaired) electrons. The lowest BCUT2D eigenvalue weighted by molar-refractivity contribution is 0.565. The molecule has 0 aliphatic carbocycles. The Morgan fingerprint density at radius 2 is 1.95 bits per heavy atom. The third-order valence-corrected chi connectivity index (χ3v) is 3.87. The topological polar surface area (TPSA) is 25.2 Å². The van der Waals surface area contributed by atoms with E-state index in [1.165, 1.54) is 6.07 Å². The molecule has 1 atom stereocenters. The van der Waals surface area contributed by atoms with Gasteiger partial charge in [0, 0.05) is 21.0 Å². The number of hydrogen-bond donors (Lipinski definition) is 1. The van der Waals surface area contributed by atoms with Crippen molar-refractivity contribution in [1.29, 1.82) is 0 Å². The zero-order chi connectivity index (χ0) is 14.1. The summed E-state index contributed by atoms with van der Waals surface area (Å²) < 4.78 is 20.5. The van der Waals surface area contributed by atoms with Crippen molar-refractivity contribution in [3.8, 4) is 0 Å². The third-order valence-electron chi connectivity index (χ3n) is 3.38. The first-order chi connectivity index (χ1) is 9.70. The van der Waals surface area contributed by atoms with Crippen molar-refractivity contribution in [2.24, 2.45) is 0 Å². The molecule has 2 nitrogen and oxygen atoms in total. The van der Waals surface area contributed by atoms with Gasteiger partial charge in [-0.05, 0) is 31.3 Å². The average Bonchev–Trinajstić information content (AvgIpc) is 2.88. The second kappa shape index (κ2) is 5.38. The standard InChI is InChI=1S/C16H13BrFNO/c1-19-16(12-8-10(17)6-7-14(12)18)13-9-20-15-5-3-2-4-11(13)15/h2-9,16,19H,1H3. The molecule has 0 spiro atoms. The Balaban J connectivity index is 2.16. The highest BCUT2D eigenvalue weighted by Crippen LogP contribution is 2.32. The van der Waals surface area contributed by atoms with Crippen LogP contribution in [0.5, 0.6) is 0 Å². The highest BCUT2D eigenvalue weighted by molar-refractivity contribution is 9.10. The van der Waals surface area contributed by atoms with Gasteiger partial charge in [-0.15, -0.1) is 0 Å².